The van der Waals surface area contributed by atoms with Gasteiger partial charge in [0.15, 0.2) is 0 Å². The number of rotatable bonds is 6. The van der Waals surface area contributed by atoms with Gasteiger partial charge >= 0.3 is 35.5 Å². The molecule has 0 aromatic carbocycles. The first kappa shape index (κ1) is 23.5. The third kappa shape index (κ3) is 5.44. The molecule has 0 radical (unpaired) electrons. The molecular formula is C17H26N3NaO6S. The molecule has 3 rings (SSSR count). The van der Waals surface area contributed by atoms with Crippen LogP contribution in [-0.2, 0) is 14.8 Å². The summed E-state index contributed by atoms with van der Waals surface area (Å²) in [6.07, 6.45) is 2.28. The fourth-order valence-electron chi connectivity index (χ4n) is 3.21. The topological polar surface area (TPSA) is 109 Å². The molecule has 2 fully saturated rings. The molecular weight excluding hydrogens is 397 g/mol. The summed E-state index contributed by atoms with van der Waals surface area (Å²) in [7, 11) is -3.79. The fraction of sp³-hybridized carbons (Fsp3) is 0.647. The zero-order chi connectivity index (χ0) is 19.4. The first-order valence-electron chi connectivity index (χ1n) is 9.12. The van der Waals surface area contributed by atoms with E-state index in [9.17, 15) is 18.3 Å². The summed E-state index contributed by atoms with van der Waals surface area (Å²) in [4.78, 5) is 17.7. The molecule has 0 atom stereocenters. The number of nitrogens with zero attached hydrogens (tertiary/aromatic N) is 3. The number of sulfonamides is 1. The average molecular weight is 423 g/mol. The van der Waals surface area contributed by atoms with E-state index in [0.29, 0.717) is 52.2 Å². The van der Waals surface area contributed by atoms with Gasteiger partial charge in [0, 0.05) is 39.0 Å². The van der Waals surface area contributed by atoms with Gasteiger partial charge in [-0.25, -0.2) is 18.2 Å². The summed E-state index contributed by atoms with van der Waals surface area (Å²) < 4.78 is 38.1. The Hall–Kier alpha value is -0.750. The molecule has 28 heavy (non-hydrogen) atoms. The number of pyridine rings is 1. The van der Waals surface area contributed by atoms with E-state index < -0.39 is 16.0 Å². The van der Waals surface area contributed by atoms with Crippen molar-refractivity contribution in [2.45, 2.75) is 30.8 Å². The summed E-state index contributed by atoms with van der Waals surface area (Å²) in [5, 5.41) is 9.50. The number of hydrogen-bond acceptors (Lipinski definition) is 7. The van der Waals surface area contributed by atoms with Crippen LogP contribution >= 0.6 is 0 Å². The molecule has 0 bridgehead atoms. The predicted molar refractivity (Wildman–Crippen MR) is 104 cm³/mol. The van der Waals surface area contributed by atoms with E-state index in [2.05, 4.69) is 9.88 Å². The molecule has 0 saturated carbocycles. The SMILES string of the molecule is CCN1CCN(S(=O)(=O)c2cnc(OC3CCOCC3)c(C(=O)O)c2)CC1.[NaH]. The van der Waals surface area contributed by atoms with Gasteiger partial charge in [0.25, 0.3) is 0 Å². The molecule has 0 spiro atoms. The van der Waals surface area contributed by atoms with Crippen molar-refractivity contribution in [1.29, 1.82) is 0 Å². The van der Waals surface area contributed by atoms with E-state index in [1.165, 1.54) is 10.5 Å². The van der Waals surface area contributed by atoms with Gasteiger partial charge in [0.1, 0.15) is 16.6 Å². The maximum atomic E-state index is 12.9. The van der Waals surface area contributed by atoms with E-state index in [1.807, 2.05) is 6.92 Å². The third-order valence-electron chi connectivity index (χ3n) is 4.92. The van der Waals surface area contributed by atoms with Crippen LogP contribution in [0.3, 0.4) is 0 Å². The van der Waals surface area contributed by atoms with Crippen molar-refractivity contribution in [2.24, 2.45) is 0 Å². The van der Waals surface area contributed by atoms with Crippen molar-refractivity contribution in [3.05, 3.63) is 17.8 Å². The molecule has 2 aliphatic heterocycles. The van der Waals surface area contributed by atoms with Crippen LogP contribution in [0.5, 0.6) is 5.88 Å². The van der Waals surface area contributed by atoms with E-state index in [4.69, 9.17) is 9.47 Å². The molecule has 1 N–H and O–H groups in total. The number of carboxylic acids is 1. The zero-order valence-corrected chi connectivity index (χ0v) is 16.2. The number of carboxylic acid groups (broad SMARTS) is 1. The number of ether oxygens (including phenoxy) is 2. The summed E-state index contributed by atoms with van der Waals surface area (Å²) in [5.74, 6) is -1.32. The second-order valence-corrected chi connectivity index (χ2v) is 8.53. The summed E-state index contributed by atoms with van der Waals surface area (Å²) in [6, 6.07) is 1.14. The van der Waals surface area contributed by atoms with Gasteiger partial charge in [-0.2, -0.15) is 4.31 Å². The van der Waals surface area contributed by atoms with Crippen LogP contribution in [0.15, 0.2) is 17.2 Å². The number of likely N-dealkylation sites (N-methyl/N-ethyl adjacent to an activating group) is 1. The Balaban J connectivity index is 0.00000280. The van der Waals surface area contributed by atoms with Gasteiger partial charge in [0.2, 0.25) is 15.9 Å². The first-order valence-corrected chi connectivity index (χ1v) is 10.6. The Morgan fingerprint density at radius 3 is 2.50 bits per heavy atom. The monoisotopic (exact) mass is 423 g/mol. The van der Waals surface area contributed by atoms with Crippen LogP contribution < -0.4 is 4.74 Å². The van der Waals surface area contributed by atoms with Crippen LogP contribution in [0.2, 0.25) is 0 Å². The minimum absolute atomic E-state index is 0. The molecule has 152 valence electrons. The maximum absolute atomic E-state index is 12.9. The number of carbonyl (C=O) groups is 1. The third-order valence-corrected chi connectivity index (χ3v) is 6.78. The molecule has 0 aliphatic carbocycles. The Kier molecular flexibility index (Phi) is 8.68. The first-order chi connectivity index (χ1) is 12.9. The Bertz CT molecular complexity index is 777. The Morgan fingerprint density at radius 2 is 1.93 bits per heavy atom. The van der Waals surface area contributed by atoms with E-state index >= 15 is 0 Å². The number of aromatic carboxylic acids is 1. The number of hydrogen-bond donors (Lipinski definition) is 1. The van der Waals surface area contributed by atoms with Crippen molar-refractivity contribution in [2.75, 3.05) is 45.9 Å². The molecule has 3 heterocycles. The van der Waals surface area contributed by atoms with Gasteiger partial charge < -0.3 is 19.5 Å². The number of aromatic nitrogens is 1. The van der Waals surface area contributed by atoms with E-state index in [1.54, 1.807) is 0 Å². The van der Waals surface area contributed by atoms with Gasteiger partial charge in [-0.05, 0) is 12.6 Å². The predicted octanol–water partition coefficient (Wildman–Crippen LogP) is 0.0153. The van der Waals surface area contributed by atoms with Crippen molar-refractivity contribution in [3.8, 4) is 5.88 Å². The fourth-order valence-corrected chi connectivity index (χ4v) is 4.60. The quantitative estimate of drug-likeness (QED) is 0.638. The second kappa shape index (κ2) is 10.3. The zero-order valence-electron chi connectivity index (χ0n) is 15.3. The van der Waals surface area contributed by atoms with Crippen LogP contribution in [-0.4, -0.2) is 115 Å². The van der Waals surface area contributed by atoms with E-state index in [-0.39, 0.29) is 52.0 Å². The molecule has 2 aliphatic rings. The number of piperazine rings is 1. The van der Waals surface area contributed by atoms with Crippen molar-refractivity contribution < 1.29 is 27.8 Å². The van der Waals surface area contributed by atoms with Crippen molar-refractivity contribution in [3.63, 3.8) is 0 Å². The molecule has 2 saturated heterocycles. The van der Waals surface area contributed by atoms with Crippen molar-refractivity contribution in [1.82, 2.24) is 14.2 Å². The van der Waals surface area contributed by atoms with E-state index in [0.717, 1.165) is 12.6 Å². The Morgan fingerprint density at radius 1 is 1.29 bits per heavy atom. The average Bonchev–Trinajstić information content (AvgIpc) is 2.69. The Labute approximate surface area is 187 Å². The molecule has 0 amide bonds. The molecule has 9 nitrogen and oxygen atoms in total. The van der Waals surface area contributed by atoms with Gasteiger partial charge in [-0.1, -0.05) is 6.92 Å². The normalized spacial score (nSPS) is 19.8. The van der Waals surface area contributed by atoms with Gasteiger partial charge in [-0.3, -0.25) is 0 Å². The summed E-state index contributed by atoms with van der Waals surface area (Å²) in [5.41, 5.74) is -0.241. The molecule has 11 heteroatoms. The summed E-state index contributed by atoms with van der Waals surface area (Å²) >= 11 is 0. The standard InChI is InChI=1S/C17H25N3O6S.Na.H/c1-2-19-5-7-20(8-6-19)27(23,24)14-11-15(17(21)22)16(18-12-14)26-13-3-9-25-10-4-13;;/h11-13H,2-10H2,1H3,(H,21,22);;. The van der Waals surface area contributed by atoms with Crippen LogP contribution in [0.1, 0.15) is 30.1 Å². The molecule has 1 aromatic heterocycles. The van der Waals surface area contributed by atoms with Gasteiger partial charge in [0.05, 0.1) is 19.4 Å². The van der Waals surface area contributed by atoms with Gasteiger partial charge in [-0.15, -0.1) is 0 Å². The van der Waals surface area contributed by atoms with Crippen LogP contribution in [0, 0.1) is 0 Å². The second-order valence-electron chi connectivity index (χ2n) is 6.60. The summed E-state index contributed by atoms with van der Waals surface area (Å²) in [6.45, 7) is 6.05. The molecule has 0 unspecified atom stereocenters. The minimum atomic E-state index is -3.79. The molecule has 1 aromatic rings. The van der Waals surface area contributed by atoms with Crippen LogP contribution in [0.4, 0.5) is 0 Å². The van der Waals surface area contributed by atoms with Crippen LogP contribution in [0.25, 0.3) is 0 Å². The van der Waals surface area contributed by atoms with Crippen molar-refractivity contribution >= 4 is 45.5 Å².